The molecule has 6 bridgehead atoms. The van der Waals surface area contributed by atoms with Crippen LogP contribution in [0.2, 0.25) is 5.02 Å². The fourth-order valence-electron chi connectivity index (χ4n) is 22.6. The number of nitrogens with zero attached hydrogens (tertiary/aromatic N) is 5. The molecule has 9 nitrogen and oxygen atoms in total. The highest BCUT2D eigenvalue weighted by Crippen LogP contribution is 2.54. The van der Waals surface area contributed by atoms with Gasteiger partial charge in [-0.05, 0) is 232 Å². The Balaban J connectivity index is 0.000000139. The molecule has 8 heterocycles. The second kappa shape index (κ2) is 30.8. The predicted molar refractivity (Wildman–Crippen MR) is 567 cm³/mol. The summed E-state index contributed by atoms with van der Waals surface area (Å²) in [5.74, 6) is 0. The molecule has 0 aliphatic carbocycles. The molecular formula is C120H76BBrClN5O4Si2. The Morgan fingerprint density at radius 3 is 0.866 bits per heavy atom. The third kappa shape index (κ3) is 11.8. The third-order valence-electron chi connectivity index (χ3n) is 28.1. The monoisotopic (exact) mass is 1830 g/mol. The summed E-state index contributed by atoms with van der Waals surface area (Å²) >= 11 is 11.5. The number of hydrogen-bond donors (Lipinski definition) is 0. The van der Waals surface area contributed by atoms with Crippen LogP contribution in [-0.2, 0) is 0 Å². The van der Waals surface area contributed by atoms with E-state index in [1.165, 1.54) is 69.3 Å². The molecule has 0 saturated carbocycles. The van der Waals surface area contributed by atoms with Crippen molar-refractivity contribution in [3.63, 3.8) is 0 Å². The minimum Gasteiger partial charge on any atom is -0.456 e. The lowest BCUT2D eigenvalue weighted by Gasteiger charge is -2.51. The molecule has 14 heteroatoms. The quantitative estimate of drug-likeness (QED) is 0.118. The first-order valence-electron chi connectivity index (χ1n) is 45.4. The standard InChI is InChI=1S/C66H42BN3O2Si.C54H34BrClN2O2Si/c1-5-19-43(20-6-1)68(44-21-7-2-8-22-44)47-39-56-64-57(40-47)70(46-36-38-53-51-28-14-16-32-59(51)72-61(53)42-46)55-30-18-34-63-66(55)67(64)65-54(69(56)45-35-37-52-50-27-13-15-31-58(50)71-60(52)41-45)29-17-33-62(65)73(63,48-23-9-3-10-24-48)49-25-11-4-12-26-49;55-54-48-29-35(56)30-49(54)58(39-26-28-47-45-22-8-10-24-51(45)60-53(47)34-39)37-14-12-20-43(32-37)61(40-15-3-1-4-16-40,41-17-5-2-6-18-41)42-19-11-13-36(31-42)57(48)38-25-27-46-44-21-7-9-23-50(44)59-52(46)33-38/h1-42H;1-34H. The van der Waals surface area contributed by atoms with Crippen molar-refractivity contribution in [1.82, 2.24) is 0 Å². The normalized spacial score (nSPS) is 13.6. The average molecular weight is 1830 g/mol. The van der Waals surface area contributed by atoms with Crippen LogP contribution in [0.5, 0.6) is 0 Å². The van der Waals surface area contributed by atoms with E-state index in [4.69, 9.17) is 29.3 Å². The van der Waals surface area contributed by atoms with E-state index in [0.29, 0.717) is 5.02 Å². The number of halogens is 2. The number of para-hydroxylation sites is 6. The van der Waals surface area contributed by atoms with E-state index >= 15 is 0 Å². The summed E-state index contributed by atoms with van der Waals surface area (Å²) in [5.41, 5.74) is 26.3. The van der Waals surface area contributed by atoms with Gasteiger partial charge in [0.2, 0.25) is 0 Å². The molecule has 28 rings (SSSR count). The maximum absolute atomic E-state index is 7.30. The summed E-state index contributed by atoms with van der Waals surface area (Å²) in [6.45, 7) is -0.0798. The van der Waals surface area contributed by atoms with Crippen molar-refractivity contribution >= 4 is 281 Å². The Kier molecular flexibility index (Phi) is 17.9. The predicted octanol–water partition coefficient (Wildman–Crippen LogP) is 26.3. The van der Waals surface area contributed by atoms with E-state index in [2.05, 4.69) is 465 Å². The van der Waals surface area contributed by atoms with Crippen LogP contribution in [0, 0.1) is 0 Å². The van der Waals surface area contributed by atoms with Gasteiger partial charge in [0.25, 0.3) is 6.71 Å². The van der Waals surface area contributed by atoms with Gasteiger partial charge in [-0.25, -0.2) is 0 Å². The zero-order valence-corrected chi connectivity index (χ0v) is 76.4. The minimum atomic E-state index is -3.06. The molecule has 20 aromatic carbocycles. The lowest BCUT2D eigenvalue weighted by molar-refractivity contribution is 0.668. The number of rotatable bonds is 11. The Morgan fingerprint density at radius 1 is 0.216 bits per heavy atom. The molecule has 0 N–H and O–H groups in total. The smallest absolute Gasteiger partial charge is 0.251 e. The van der Waals surface area contributed by atoms with E-state index < -0.39 is 16.1 Å². The van der Waals surface area contributed by atoms with Crippen LogP contribution < -0.4 is 82.4 Å². The SMILES string of the molecule is Clc1cc2c(Br)c(c1)N(c1ccc3c(c1)oc1ccccc13)c1cccc(c1)[Si](c1ccccc1)(c1ccccc1)c1cccc(c1)N2c1ccc2c(c1)oc1ccccc12.c1ccc(N(c2ccccc2)c2cc3c4c(c2)N(c2ccc5c(c2)oc2ccccc25)c2cccc5c2B4c2c(cccc2[Si]5(c2ccccc2)c2ccccc2)N3c2ccc3c(c2)oc2ccccc23)cc1. The number of anilines is 15. The summed E-state index contributed by atoms with van der Waals surface area (Å²) in [5, 5.41) is 20.0. The molecule has 0 unspecified atom stereocenters. The van der Waals surface area contributed by atoms with Crippen LogP contribution >= 0.6 is 27.5 Å². The Hall–Kier alpha value is -16.1. The third-order valence-corrected chi connectivity index (χ3v) is 38.7. The van der Waals surface area contributed by atoms with Crippen molar-refractivity contribution in [1.29, 1.82) is 0 Å². The Bertz CT molecular complexity index is 8380. The summed E-state index contributed by atoms with van der Waals surface area (Å²) < 4.78 is 27.4. The lowest BCUT2D eigenvalue weighted by atomic mass is 9.33. The van der Waals surface area contributed by atoms with Gasteiger partial charge >= 0.3 is 0 Å². The van der Waals surface area contributed by atoms with Crippen molar-refractivity contribution < 1.29 is 17.7 Å². The topological polar surface area (TPSA) is 68.8 Å². The lowest BCUT2D eigenvalue weighted by Crippen LogP contribution is -2.88. The molecule has 630 valence electrons. The van der Waals surface area contributed by atoms with Crippen molar-refractivity contribution in [3.8, 4) is 0 Å². The fourth-order valence-corrected chi connectivity index (χ4v) is 33.5. The van der Waals surface area contributed by atoms with E-state index in [-0.39, 0.29) is 6.71 Å². The van der Waals surface area contributed by atoms with Gasteiger partial charge in [-0.1, -0.05) is 291 Å². The molecule has 134 heavy (non-hydrogen) atoms. The molecule has 4 aliphatic rings. The Labute approximate surface area is 787 Å². The van der Waals surface area contributed by atoms with E-state index in [1.54, 1.807) is 0 Å². The molecule has 0 atom stereocenters. The number of hydrogen-bond acceptors (Lipinski definition) is 9. The number of fused-ring (bicyclic) bond motifs is 18. The molecule has 0 radical (unpaired) electrons. The van der Waals surface area contributed by atoms with Crippen LogP contribution in [-0.4, -0.2) is 22.9 Å². The first-order valence-corrected chi connectivity index (χ1v) is 50.6. The molecule has 4 aliphatic heterocycles. The molecule has 0 saturated heterocycles. The molecule has 0 fully saturated rings. The van der Waals surface area contributed by atoms with Gasteiger partial charge in [0, 0.05) is 141 Å². The number of furan rings is 4. The van der Waals surface area contributed by atoms with Crippen LogP contribution in [0.15, 0.2) is 483 Å². The summed E-state index contributed by atoms with van der Waals surface area (Å²) in [6.07, 6.45) is 0. The van der Waals surface area contributed by atoms with Crippen molar-refractivity contribution in [2.24, 2.45) is 0 Å². The van der Waals surface area contributed by atoms with Crippen LogP contribution in [0.4, 0.5) is 85.3 Å². The second-order valence-electron chi connectivity index (χ2n) is 35.1. The number of benzene rings is 20. The zero-order valence-electron chi connectivity index (χ0n) is 72.1. The van der Waals surface area contributed by atoms with Crippen molar-refractivity contribution in [3.05, 3.63) is 471 Å². The summed E-state index contributed by atoms with van der Waals surface area (Å²) in [4.78, 5) is 12.1. The fraction of sp³-hybridized carbons (Fsp3) is 0. The summed E-state index contributed by atoms with van der Waals surface area (Å²) in [6, 6.07) is 168. The molecular weight excluding hydrogens is 1760 g/mol. The van der Waals surface area contributed by atoms with E-state index in [1.807, 2.05) is 36.4 Å². The highest BCUT2D eigenvalue weighted by Gasteiger charge is 2.57. The maximum atomic E-state index is 7.30. The molecule has 0 amide bonds. The highest BCUT2D eigenvalue weighted by molar-refractivity contribution is 9.10. The van der Waals surface area contributed by atoms with Gasteiger partial charge in [0.1, 0.15) is 44.7 Å². The maximum Gasteiger partial charge on any atom is 0.251 e. The first kappa shape index (κ1) is 77.8. The zero-order chi connectivity index (χ0) is 88.4. The van der Waals surface area contributed by atoms with Gasteiger partial charge in [0.15, 0.2) is 16.1 Å². The van der Waals surface area contributed by atoms with Crippen LogP contribution in [0.1, 0.15) is 0 Å². The van der Waals surface area contributed by atoms with Gasteiger partial charge < -0.3 is 42.2 Å². The summed E-state index contributed by atoms with van der Waals surface area (Å²) in [7, 11) is -6.09. The highest BCUT2D eigenvalue weighted by atomic mass is 79.9. The van der Waals surface area contributed by atoms with Gasteiger partial charge in [-0.15, -0.1) is 0 Å². The van der Waals surface area contributed by atoms with Crippen LogP contribution in [0.25, 0.3) is 87.8 Å². The van der Waals surface area contributed by atoms with Crippen molar-refractivity contribution in [2.75, 3.05) is 24.5 Å². The van der Waals surface area contributed by atoms with E-state index in [0.717, 1.165) is 166 Å². The van der Waals surface area contributed by atoms with Gasteiger partial charge in [-0.2, -0.15) is 0 Å². The Morgan fingerprint density at radius 2 is 0.507 bits per heavy atom. The molecule has 0 spiro atoms. The van der Waals surface area contributed by atoms with Crippen LogP contribution in [0.3, 0.4) is 0 Å². The average Bonchev–Trinajstić information content (AvgIpc) is 0.718. The first-order chi connectivity index (χ1) is 66.3. The molecule has 4 aromatic heterocycles. The molecule has 24 aromatic rings. The second-order valence-corrected chi connectivity index (χ2v) is 43.9. The van der Waals surface area contributed by atoms with Crippen molar-refractivity contribution in [2.45, 2.75) is 0 Å². The minimum absolute atomic E-state index is 0.0798. The van der Waals surface area contributed by atoms with Gasteiger partial charge in [0.05, 0.1) is 21.5 Å². The van der Waals surface area contributed by atoms with Gasteiger partial charge in [-0.3, -0.25) is 0 Å². The van der Waals surface area contributed by atoms with E-state index in [9.17, 15) is 0 Å². The largest absolute Gasteiger partial charge is 0.456 e.